The predicted molar refractivity (Wildman–Crippen MR) is 203 cm³/mol. The van der Waals surface area contributed by atoms with Crippen molar-refractivity contribution in [2.24, 2.45) is 4.99 Å². The molecule has 2 aromatic heterocycles. The van der Waals surface area contributed by atoms with Crippen LogP contribution in [0.15, 0.2) is 53.8 Å². The molecule has 0 amide bonds. The van der Waals surface area contributed by atoms with Crippen LogP contribution in [-0.4, -0.2) is 86.9 Å². The number of aromatic nitrogens is 3. The van der Waals surface area contributed by atoms with E-state index in [1.165, 1.54) is 87.9 Å². The fourth-order valence-electron chi connectivity index (χ4n) is 6.45. The van der Waals surface area contributed by atoms with Gasteiger partial charge in [0, 0.05) is 6.61 Å². The van der Waals surface area contributed by atoms with Gasteiger partial charge in [0.2, 0.25) is 5.72 Å². The third kappa shape index (κ3) is 13.5. The summed E-state index contributed by atoms with van der Waals surface area (Å²) in [6.07, 6.45) is 14.1. The zero-order chi connectivity index (χ0) is 37.9. The first-order valence-corrected chi connectivity index (χ1v) is 20.6. The Bertz CT molecular complexity index is 1530. The number of hydrogen-bond donors (Lipinski definition) is 4. The maximum absolute atomic E-state index is 13.1. The van der Waals surface area contributed by atoms with Gasteiger partial charge in [0.25, 0.3) is 0 Å². The molecule has 1 saturated heterocycles. The topological polar surface area (TPSA) is 192 Å². The van der Waals surface area contributed by atoms with Crippen molar-refractivity contribution in [3.05, 3.63) is 60.0 Å². The molecule has 0 saturated carbocycles. The first-order chi connectivity index (χ1) is 25.7. The molecule has 1 fully saturated rings. The fourth-order valence-corrected chi connectivity index (χ4v) is 7.22. The van der Waals surface area contributed by atoms with Crippen LogP contribution in [0.25, 0.3) is 5.52 Å². The smallest absolute Gasteiger partial charge is 0.387 e. The van der Waals surface area contributed by atoms with Gasteiger partial charge >= 0.3 is 7.82 Å². The van der Waals surface area contributed by atoms with Crippen molar-refractivity contribution in [1.29, 1.82) is 0 Å². The SMILES string of the molecule is C=N[C@]1(COP(=O)(O)OC[C@H](COCCCCCCCCCCCCCCCC)OCc2ccccc2)O[C@@H](c2ccc3c(N)ncnn23)[C@H](O)[C@@H]1O. The van der Waals surface area contributed by atoms with E-state index in [9.17, 15) is 19.7 Å². The number of nitrogen functional groups attached to an aromatic ring is 1. The number of ether oxygens (including phenoxy) is 3. The number of phosphoric acid groups is 1. The Morgan fingerprint density at radius 2 is 1.58 bits per heavy atom. The molecular weight excluding hydrogens is 701 g/mol. The van der Waals surface area contributed by atoms with E-state index >= 15 is 0 Å². The quantitative estimate of drug-likeness (QED) is 0.0348. The number of phosphoric ester groups is 1. The minimum absolute atomic E-state index is 0.151. The molecular formula is C38H60N5O9P. The lowest BCUT2D eigenvalue weighted by molar-refractivity contribution is -0.107. The number of benzene rings is 1. The van der Waals surface area contributed by atoms with Crippen molar-refractivity contribution in [3.8, 4) is 0 Å². The minimum Gasteiger partial charge on any atom is -0.387 e. The van der Waals surface area contributed by atoms with E-state index in [-0.39, 0.29) is 25.6 Å². The number of aliphatic imine (C=N–C) groups is 1. The van der Waals surface area contributed by atoms with Crippen LogP contribution in [-0.2, 0) is 34.4 Å². The summed E-state index contributed by atoms with van der Waals surface area (Å²) in [5.74, 6) is 0.209. The van der Waals surface area contributed by atoms with Crippen molar-refractivity contribution >= 4 is 25.9 Å². The normalized spacial score (nSPS) is 21.9. The van der Waals surface area contributed by atoms with Crippen LogP contribution in [0.1, 0.15) is 114 Å². The zero-order valence-corrected chi connectivity index (χ0v) is 32.1. The number of aliphatic hydroxyl groups is 2. The molecule has 0 bridgehead atoms. The molecule has 3 heterocycles. The Balaban J connectivity index is 1.19. The lowest BCUT2D eigenvalue weighted by Crippen LogP contribution is -2.45. The van der Waals surface area contributed by atoms with Crippen LogP contribution in [0.3, 0.4) is 0 Å². The molecule has 1 unspecified atom stereocenters. The van der Waals surface area contributed by atoms with E-state index in [1.807, 2.05) is 30.3 Å². The minimum atomic E-state index is -4.74. The van der Waals surface area contributed by atoms with E-state index in [0.29, 0.717) is 17.8 Å². The molecule has 53 heavy (non-hydrogen) atoms. The number of nitrogens with two attached hydrogens (primary N) is 1. The van der Waals surface area contributed by atoms with Gasteiger partial charge in [-0.1, -0.05) is 121 Å². The van der Waals surface area contributed by atoms with Crippen molar-refractivity contribution < 1.29 is 42.9 Å². The first kappa shape index (κ1) is 43.0. The molecule has 15 heteroatoms. The van der Waals surface area contributed by atoms with Crippen LogP contribution < -0.4 is 5.73 Å². The second kappa shape index (κ2) is 22.6. The van der Waals surface area contributed by atoms with Gasteiger partial charge in [0.1, 0.15) is 42.9 Å². The molecule has 6 atom stereocenters. The van der Waals surface area contributed by atoms with Gasteiger partial charge in [0.05, 0.1) is 25.5 Å². The van der Waals surface area contributed by atoms with Gasteiger partial charge in [-0.2, -0.15) is 5.10 Å². The standard InChI is InChI=1S/C38H60N5O9P/c1-3-4-5-6-7-8-9-10-11-12-13-14-15-19-24-48-26-31(49-25-30-20-17-16-18-21-30)27-50-53(46,47)51-28-38(40-2)36(45)34(44)35(52-38)32-22-23-33-37(39)41-29-42-43(32)33/h16-18,20-23,29,31,34-36,44-45H,2-15,19,24-28H2,1H3,(H,46,47)(H2,39,41,42)/t31-,34-,35-,36-,38+/m0/s1. The van der Waals surface area contributed by atoms with Crippen LogP contribution >= 0.6 is 7.82 Å². The molecule has 1 aromatic carbocycles. The van der Waals surface area contributed by atoms with Gasteiger partial charge in [0.15, 0.2) is 5.82 Å². The van der Waals surface area contributed by atoms with Gasteiger partial charge in [-0.25, -0.2) is 14.1 Å². The molecule has 3 aromatic rings. The van der Waals surface area contributed by atoms with Crippen LogP contribution in [0.5, 0.6) is 0 Å². The Hall–Kier alpha value is -2.78. The van der Waals surface area contributed by atoms with Crippen molar-refractivity contribution in [3.63, 3.8) is 0 Å². The maximum atomic E-state index is 13.1. The zero-order valence-electron chi connectivity index (χ0n) is 31.2. The Labute approximate surface area is 313 Å². The van der Waals surface area contributed by atoms with E-state index < -0.39 is 44.6 Å². The average molecular weight is 762 g/mol. The van der Waals surface area contributed by atoms with Crippen LogP contribution in [0.4, 0.5) is 5.82 Å². The summed E-state index contributed by atoms with van der Waals surface area (Å²) in [6, 6.07) is 12.8. The first-order valence-electron chi connectivity index (χ1n) is 19.1. The predicted octanol–water partition coefficient (Wildman–Crippen LogP) is 6.72. The molecule has 0 aliphatic carbocycles. The second-order valence-electron chi connectivity index (χ2n) is 13.8. The number of hydrogen-bond acceptors (Lipinski definition) is 12. The Kier molecular flexibility index (Phi) is 18.3. The number of aliphatic hydroxyl groups excluding tert-OH is 2. The molecule has 4 rings (SSSR count). The highest BCUT2D eigenvalue weighted by atomic mass is 31.2. The molecule has 296 valence electrons. The van der Waals surface area contributed by atoms with E-state index in [2.05, 4.69) is 28.7 Å². The van der Waals surface area contributed by atoms with Crippen LogP contribution in [0.2, 0.25) is 0 Å². The second-order valence-corrected chi connectivity index (χ2v) is 15.3. The number of unbranched alkanes of at least 4 members (excludes halogenated alkanes) is 13. The highest BCUT2D eigenvalue weighted by Gasteiger charge is 2.56. The molecule has 14 nitrogen and oxygen atoms in total. The monoisotopic (exact) mass is 761 g/mol. The summed E-state index contributed by atoms with van der Waals surface area (Å²) < 4.78 is 42.9. The number of fused-ring (bicyclic) bond motifs is 1. The third-order valence-corrected chi connectivity index (χ3v) is 10.6. The lowest BCUT2D eigenvalue weighted by atomic mass is 10.0. The van der Waals surface area contributed by atoms with E-state index in [0.717, 1.165) is 18.4 Å². The summed E-state index contributed by atoms with van der Waals surface area (Å²) in [6.45, 7) is 5.63. The van der Waals surface area contributed by atoms with Gasteiger partial charge in [-0.3, -0.25) is 14.0 Å². The number of nitrogens with zero attached hydrogens (tertiary/aromatic N) is 4. The maximum Gasteiger partial charge on any atom is 0.472 e. The van der Waals surface area contributed by atoms with Crippen LogP contribution in [0, 0.1) is 0 Å². The van der Waals surface area contributed by atoms with Gasteiger partial charge < -0.3 is 35.1 Å². The van der Waals surface area contributed by atoms with E-state index in [1.54, 1.807) is 12.1 Å². The Morgan fingerprint density at radius 3 is 2.23 bits per heavy atom. The highest BCUT2D eigenvalue weighted by Crippen LogP contribution is 2.48. The summed E-state index contributed by atoms with van der Waals surface area (Å²) in [7, 11) is -4.74. The molecule has 0 spiro atoms. The van der Waals surface area contributed by atoms with E-state index in [4.69, 9.17) is 29.0 Å². The lowest BCUT2D eigenvalue weighted by Gasteiger charge is -2.28. The third-order valence-electron chi connectivity index (χ3n) is 9.63. The fraction of sp³-hybridized carbons (Fsp3) is 0.658. The largest absolute Gasteiger partial charge is 0.472 e. The van der Waals surface area contributed by atoms with Crippen molar-refractivity contribution in [1.82, 2.24) is 14.6 Å². The van der Waals surface area contributed by atoms with Gasteiger partial charge in [-0.15, -0.1) is 0 Å². The summed E-state index contributed by atoms with van der Waals surface area (Å²) in [5.41, 5.74) is 5.68. The van der Waals surface area contributed by atoms with Crippen molar-refractivity contribution in [2.45, 2.75) is 134 Å². The molecule has 0 radical (unpaired) electrons. The Morgan fingerprint density at radius 1 is 0.943 bits per heavy atom. The molecule has 5 N–H and O–H groups in total. The van der Waals surface area contributed by atoms with Crippen molar-refractivity contribution in [2.75, 3.05) is 32.2 Å². The average Bonchev–Trinajstić information content (AvgIpc) is 3.71. The molecule has 1 aliphatic rings. The summed E-state index contributed by atoms with van der Waals surface area (Å²) >= 11 is 0. The summed E-state index contributed by atoms with van der Waals surface area (Å²) in [4.78, 5) is 18.4. The number of anilines is 1. The summed E-state index contributed by atoms with van der Waals surface area (Å²) in [5, 5.41) is 26.0. The van der Waals surface area contributed by atoms with Gasteiger partial charge in [-0.05, 0) is 30.8 Å². The number of rotatable bonds is 28. The highest BCUT2D eigenvalue weighted by molar-refractivity contribution is 7.47. The molecule has 1 aliphatic heterocycles.